The predicted octanol–water partition coefficient (Wildman–Crippen LogP) is 2.34. The predicted molar refractivity (Wildman–Crippen MR) is 112 cm³/mol. The van der Waals surface area contributed by atoms with E-state index in [2.05, 4.69) is 10.6 Å². The minimum atomic E-state index is -0.824. The minimum Gasteiger partial charge on any atom is -0.448 e. The van der Waals surface area contributed by atoms with Gasteiger partial charge in [-0.25, -0.2) is 4.79 Å². The first kappa shape index (κ1) is 20.4. The summed E-state index contributed by atoms with van der Waals surface area (Å²) in [4.78, 5) is 36.6. The zero-order chi connectivity index (χ0) is 21.1. The zero-order valence-electron chi connectivity index (χ0n) is 16.4. The Balaban J connectivity index is 1.40. The van der Waals surface area contributed by atoms with Crippen molar-refractivity contribution in [2.24, 2.45) is 0 Å². The number of hydrogen-bond donors (Lipinski definition) is 2. The van der Waals surface area contributed by atoms with Crippen molar-refractivity contribution in [3.63, 3.8) is 0 Å². The van der Waals surface area contributed by atoms with Gasteiger partial charge in [0.1, 0.15) is 5.88 Å². The van der Waals surface area contributed by atoms with Crippen LogP contribution in [0.2, 0.25) is 0 Å². The third-order valence-corrected chi connectivity index (χ3v) is 6.18. The lowest BCUT2D eigenvalue weighted by molar-refractivity contribution is -0.132. The summed E-state index contributed by atoms with van der Waals surface area (Å²) < 4.78 is 5.35. The highest BCUT2D eigenvalue weighted by atomic mass is 35.5. The van der Waals surface area contributed by atoms with Crippen molar-refractivity contribution in [2.45, 2.75) is 36.8 Å². The molecule has 1 aliphatic heterocycles. The Hall–Kier alpha value is -2.86. The van der Waals surface area contributed by atoms with Crippen LogP contribution in [0.4, 0.5) is 0 Å². The molecule has 1 unspecified atom stereocenters. The number of rotatable bonds is 6. The Labute approximate surface area is 179 Å². The Morgan fingerprint density at radius 1 is 1.07 bits per heavy atom. The highest BCUT2D eigenvalue weighted by molar-refractivity contribution is 6.27. The van der Waals surface area contributed by atoms with Crippen LogP contribution in [0.3, 0.4) is 0 Å². The van der Waals surface area contributed by atoms with E-state index in [9.17, 15) is 14.4 Å². The molecule has 1 atom stereocenters. The smallest absolute Gasteiger partial charge is 0.339 e. The van der Waals surface area contributed by atoms with Crippen molar-refractivity contribution in [1.29, 1.82) is 0 Å². The van der Waals surface area contributed by atoms with Gasteiger partial charge in [0.2, 0.25) is 5.91 Å². The molecular weight excluding hydrogens is 404 g/mol. The number of alkyl halides is 1. The van der Waals surface area contributed by atoms with Gasteiger partial charge in [-0.1, -0.05) is 48.5 Å². The normalized spacial score (nSPS) is 24.8. The number of cyclic esters (lactones) is 1. The summed E-state index contributed by atoms with van der Waals surface area (Å²) >= 11 is 5.61. The van der Waals surface area contributed by atoms with Crippen molar-refractivity contribution in [2.75, 3.05) is 12.4 Å². The molecule has 2 aromatic rings. The van der Waals surface area contributed by atoms with E-state index >= 15 is 0 Å². The van der Waals surface area contributed by atoms with Crippen LogP contribution in [0.25, 0.3) is 0 Å². The topological polar surface area (TPSA) is 84.5 Å². The second-order valence-electron chi connectivity index (χ2n) is 7.93. The lowest BCUT2D eigenvalue weighted by Gasteiger charge is -2.48. The van der Waals surface area contributed by atoms with E-state index < -0.39 is 12.1 Å². The summed E-state index contributed by atoms with van der Waals surface area (Å²) in [6, 6.07) is 17.1. The molecule has 30 heavy (non-hydrogen) atoms. The number of hydrogen-bond acceptors (Lipinski definition) is 4. The lowest BCUT2D eigenvalue weighted by Crippen LogP contribution is -2.59. The molecule has 2 amide bonds. The van der Waals surface area contributed by atoms with E-state index in [1.165, 1.54) is 0 Å². The Morgan fingerprint density at radius 2 is 1.77 bits per heavy atom. The monoisotopic (exact) mass is 426 g/mol. The SMILES string of the molecule is O=C(CCl)NCC1(c2ccccc2)CC(NC(=O)C2Cc3ccccc3C(=O)O2)C1. The maximum Gasteiger partial charge on any atom is 0.339 e. The molecule has 2 aliphatic rings. The number of fused-ring (bicyclic) bond motifs is 1. The van der Waals surface area contributed by atoms with Gasteiger partial charge in [0.05, 0.1) is 5.56 Å². The first-order valence-electron chi connectivity index (χ1n) is 9.98. The number of halogens is 1. The first-order chi connectivity index (χ1) is 14.5. The molecule has 2 aromatic carbocycles. The van der Waals surface area contributed by atoms with Crippen molar-refractivity contribution in [3.05, 3.63) is 71.3 Å². The van der Waals surface area contributed by atoms with Gasteiger partial charge in [-0.2, -0.15) is 0 Å². The number of carbonyl (C=O) groups excluding carboxylic acids is 3. The number of nitrogens with one attached hydrogen (secondary N) is 2. The van der Waals surface area contributed by atoms with Gasteiger partial charge in [-0.05, 0) is 30.0 Å². The highest BCUT2D eigenvalue weighted by Crippen LogP contribution is 2.43. The maximum atomic E-state index is 12.7. The molecule has 4 rings (SSSR count). The summed E-state index contributed by atoms with van der Waals surface area (Å²) in [5, 5.41) is 5.88. The number of carbonyl (C=O) groups is 3. The molecule has 1 aliphatic carbocycles. The van der Waals surface area contributed by atoms with Gasteiger partial charge in [0.25, 0.3) is 5.91 Å². The third kappa shape index (κ3) is 4.05. The van der Waals surface area contributed by atoms with Crippen LogP contribution < -0.4 is 10.6 Å². The van der Waals surface area contributed by atoms with Gasteiger partial charge in [0, 0.05) is 24.4 Å². The molecule has 6 nitrogen and oxygen atoms in total. The average molecular weight is 427 g/mol. The lowest BCUT2D eigenvalue weighted by atomic mass is 9.61. The number of benzene rings is 2. The minimum absolute atomic E-state index is 0.0542. The summed E-state index contributed by atoms with van der Waals surface area (Å²) in [5.41, 5.74) is 2.20. The molecule has 7 heteroatoms. The molecule has 0 radical (unpaired) electrons. The van der Waals surface area contributed by atoms with E-state index in [0.717, 1.165) is 11.1 Å². The van der Waals surface area contributed by atoms with Gasteiger partial charge >= 0.3 is 5.97 Å². The van der Waals surface area contributed by atoms with Gasteiger partial charge in [0.15, 0.2) is 6.10 Å². The van der Waals surface area contributed by atoms with E-state index in [1.54, 1.807) is 12.1 Å². The molecule has 1 heterocycles. The molecular formula is C23H23ClN2O4. The molecule has 1 saturated carbocycles. The third-order valence-electron chi connectivity index (χ3n) is 5.94. The largest absolute Gasteiger partial charge is 0.448 e. The van der Waals surface area contributed by atoms with Crippen molar-refractivity contribution < 1.29 is 19.1 Å². The summed E-state index contributed by atoms with van der Waals surface area (Å²) in [6.45, 7) is 0.459. The van der Waals surface area contributed by atoms with Crippen molar-refractivity contribution >= 4 is 29.4 Å². The van der Waals surface area contributed by atoms with Gasteiger partial charge in [-0.15, -0.1) is 11.6 Å². The van der Waals surface area contributed by atoms with Crippen LogP contribution in [-0.2, 0) is 26.2 Å². The van der Waals surface area contributed by atoms with E-state index in [4.69, 9.17) is 16.3 Å². The Kier molecular flexibility index (Phi) is 5.77. The summed E-state index contributed by atoms with van der Waals surface area (Å²) in [6.07, 6.45) is 0.913. The Morgan fingerprint density at radius 3 is 2.50 bits per heavy atom. The second-order valence-corrected chi connectivity index (χ2v) is 8.19. The van der Waals surface area contributed by atoms with Crippen LogP contribution >= 0.6 is 11.6 Å². The number of esters is 1. The fraction of sp³-hybridized carbons (Fsp3) is 0.348. The maximum absolute atomic E-state index is 12.7. The van der Waals surface area contributed by atoms with Crippen LogP contribution in [0, 0.1) is 0 Å². The molecule has 0 aromatic heterocycles. The van der Waals surface area contributed by atoms with Crippen LogP contribution in [0.1, 0.15) is 34.3 Å². The van der Waals surface area contributed by atoms with E-state index in [1.807, 2.05) is 42.5 Å². The quantitative estimate of drug-likeness (QED) is 0.548. The Bertz CT molecular complexity index is 957. The molecule has 0 spiro atoms. The average Bonchev–Trinajstić information content (AvgIpc) is 2.75. The molecule has 1 fully saturated rings. The standard InChI is InChI=1S/C23H23ClN2O4/c24-13-20(27)25-14-23(16-7-2-1-3-8-16)11-17(12-23)26-21(28)19-10-15-6-4-5-9-18(15)22(29)30-19/h1-9,17,19H,10-14H2,(H,25,27)(H,26,28). The van der Waals surface area contributed by atoms with E-state index in [0.29, 0.717) is 31.4 Å². The van der Waals surface area contributed by atoms with E-state index in [-0.39, 0.29) is 29.2 Å². The van der Waals surface area contributed by atoms with Crippen LogP contribution in [0.15, 0.2) is 54.6 Å². The number of ether oxygens (including phenoxy) is 1. The van der Waals surface area contributed by atoms with Crippen LogP contribution in [0.5, 0.6) is 0 Å². The fourth-order valence-electron chi connectivity index (χ4n) is 4.35. The van der Waals surface area contributed by atoms with Crippen LogP contribution in [-0.4, -0.2) is 42.4 Å². The summed E-state index contributed by atoms with van der Waals surface area (Å²) in [5.74, 6) is -1.05. The molecule has 0 bridgehead atoms. The highest BCUT2D eigenvalue weighted by Gasteiger charge is 2.47. The van der Waals surface area contributed by atoms with Crippen molar-refractivity contribution in [3.8, 4) is 0 Å². The summed E-state index contributed by atoms with van der Waals surface area (Å²) in [7, 11) is 0. The fourth-order valence-corrected chi connectivity index (χ4v) is 4.44. The number of amides is 2. The zero-order valence-corrected chi connectivity index (χ0v) is 17.2. The van der Waals surface area contributed by atoms with Gasteiger partial charge in [-0.3, -0.25) is 9.59 Å². The second kappa shape index (κ2) is 8.48. The molecule has 0 saturated heterocycles. The molecule has 2 N–H and O–H groups in total. The van der Waals surface area contributed by atoms with Gasteiger partial charge < -0.3 is 15.4 Å². The van der Waals surface area contributed by atoms with Crippen molar-refractivity contribution in [1.82, 2.24) is 10.6 Å². The molecule has 156 valence electrons. The first-order valence-corrected chi connectivity index (χ1v) is 10.5.